The number of hydrogen-bond donors (Lipinski definition) is 2. The number of aromatic nitrogens is 1. The quantitative estimate of drug-likeness (QED) is 0.777. The van der Waals surface area contributed by atoms with E-state index in [1.807, 2.05) is 30.3 Å². The van der Waals surface area contributed by atoms with E-state index >= 15 is 0 Å². The smallest absolute Gasteiger partial charge is 0.0854 e. The van der Waals surface area contributed by atoms with E-state index in [-0.39, 0.29) is 6.61 Å². The Morgan fingerprint density at radius 3 is 2.53 bits per heavy atom. The first-order valence-corrected chi connectivity index (χ1v) is 4.72. The van der Waals surface area contributed by atoms with Crippen LogP contribution in [0.4, 0.5) is 5.69 Å². The second-order valence-electron chi connectivity index (χ2n) is 3.30. The molecule has 76 valence electrons. The molecule has 2 rings (SSSR count). The van der Waals surface area contributed by atoms with Crippen molar-refractivity contribution in [3.05, 3.63) is 48.2 Å². The molecule has 1 heterocycles. The average molecular weight is 200 g/mol. The normalized spacial score (nSPS) is 10.2. The molecular formula is C12H12N2O. The zero-order chi connectivity index (χ0) is 10.7. The molecule has 0 saturated carbocycles. The summed E-state index contributed by atoms with van der Waals surface area (Å²) in [5, 5.41) is 9.02. The lowest BCUT2D eigenvalue weighted by atomic mass is 10.1. The van der Waals surface area contributed by atoms with Crippen molar-refractivity contribution in [3.8, 4) is 11.3 Å². The maximum absolute atomic E-state index is 9.02. The van der Waals surface area contributed by atoms with E-state index in [0.717, 1.165) is 11.3 Å². The zero-order valence-electron chi connectivity index (χ0n) is 8.22. The van der Waals surface area contributed by atoms with E-state index in [9.17, 15) is 0 Å². The van der Waals surface area contributed by atoms with Crippen molar-refractivity contribution in [1.29, 1.82) is 0 Å². The van der Waals surface area contributed by atoms with Crippen LogP contribution in [0.5, 0.6) is 0 Å². The maximum atomic E-state index is 9.02. The lowest BCUT2D eigenvalue weighted by molar-refractivity contribution is 0.277. The molecule has 0 atom stereocenters. The van der Waals surface area contributed by atoms with Crippen molar-refractivity contribution in [1.82, 2.24) is 4.98 Å². The van der Waals surface area contributed by atoms with Crippen molar-refractivity contribution in [2.75, 3.05) is 5.73 Å². The summed E-state index contributed by atoms with van der Waals surface area (Å²) in [5.74, 6) is 0. The topological polar surface area (TPSA) is 59.1 Å². The van der Waals surface area contributed by atoms with Crippen molar-refractivity contribution in [2.45, 2.75) is 6.61 Å². The van der Waals surface area contributed by atoms with E-state index < -0.39 is 0 Å². The van der Waals surface area contributed by atoms with Crippen LogP contribution in [0.1, 0.15) is 5.69 Å². The third-order valence-electron chi connectivity index (χ3n) is 2.13. The van der Waals surface area contributed by atoms with Crippen LogP contribution in [0.15, 0.2) is 42.5 Å². The summed E-state index contributed by atoms with van der Waals surface area (Å²) in [7, 11) is 0. The summed E-state index contributed by atoms with van der Waals surface area (Å²) >= 11 is 0. The van der Waals surface area contributed by atoms with Crippen LogP contribution in [0.25, 0.3) is 11.3 Å². The Labute approximate surface area is 88.2 Å². The van der Waals surface area contributed by atoms with Gasteiger partial charge in [-0.3, -0.25) is 4.98 Å². The van der Waals surface area contributed by atoms with Gasteiger partial charge in [-0.15, -0.1) is 0 Å². The van der Waals surface area contributed by atoms with Crippen LogP contribution < -0.4 is 5.73 Å². The summed E-state index contributed by atoms with van der Waals surface area (Å²) in [6, 6.07) is 13.2. The van der Waals surface area contributed by atoms with Gasteiger partial charge in [0, 0.05) is 11.3 Å². The number of aliphatic hydroxyl groups is 1. The standard InChI is InChI=1S/C12H12N2O/c13-10-6-11(8-15)14-12(7-10)9-4-2-1-3-5-9/h1-7,15H,8H2,(H2,13,14). The summed E-state index contributed by atoms with van der Waals surface area (Å²) < 4.78 is 0. The van der Waals surface area contributed by atoms with Gasteiger partial charge in [0.2, 0.25) is 0 Å². The number of pyridine rings is 1. The second-order valence-corrected chi connectivity index (χ2v) is 3.30. The number of nitrogens with zero attached hydrogens (tertiary/aromatic N) is 1. The summed E-state index contributed by atoms with van der Waals surface area (Å²) in [6.45, 7) is -0.0924. The molecule has 0 radical (unpaired) electrons. The van der Waals surface area contributed by atoms with Gasteiger partial charge in [-0.25, -0.2) is 0 Å². The van der Waals surface area contributed by atoms with Gasteiger partial charge in [0.1, 0.15) is 0 Å². The van der Waals surface area contributed by atoms with Gasteiger partial charge >= 0.3 is 0 Å². The van der Waals surface area contributed by atoms with Gasteiger partial charge < -0.3 is 10.8 Å². The highest BCUT2D eigenvalue weighted by Crippen LogP contribution is 2.19. The molecule has 15 heavy (non-hydrogen) atoms. The first-order valence-electron chi connectivity index (χ1n) is 4.72. The molecule has 2 aromatic rings. The molecule has 3 heteroatoms. The van der Waals surface area contributed by atoms with E-state index in [1.165, 1.54) is 0 Å². The molecule has 1 aromatic heterocycles. The van der Waals surface area contributed by atoms with Gasteiger partial charge in [0.05, 0.1) is 18.0 Å². The number of nitrogen functional groups attached to an aromatic ring is 1. The first-order chi connectivity index (χ1) is 7.29. The van der Waals surface area contributed by atoms with Gasteiger partial charge in [-0.1, -0.05) is 30.3 Å². The van der Waals surface area contributed by atoms with Gasteiger partial charge in [-0.05, 0) is 12.1 Å². The predicted octanol–water partition coefficient (Wildman–Crippen LogP) is 1.82. The highest BCUT2D eigenvalue weighted by atomic mass is 16.3. The van der Waals surface area contributed by atoms with Gasteiger partial charge in [-0.2, -0.15) is 0 Å². The highest BCUT2D eigenvalue weighted by molar-refractivity contribution is 5.63. The van der Waals surface area contributed by atoms with Crippen LogP contribution in [0, 0.1) is 0 Å². The Morgan fingerprint density at radius 1 is 1.13 bits per heavy atom. The third-order valence-corrected chi connectivity index (χ3v) is 2.13. The molecule has 3 N–H and O–H groups in total. The van der Waals surface area contributed by atoms with E-state index in [2.05, 4.69) is 4.98 Å². The largest absolute Gasteiger partial charge is 0.399 e. The van der Waals surface area contributed by atoms with Crippen molar-refractivity contribution in [2.24, 2.45) is 0 Å². The number of nitrogens with two attached hydrogens (primary N) is 1. The van der Waals surface area contributed by atoms with Crippen molar-refractivity contribution in [3.63, 3.8) is 0 Å². The number of benzene rings is 1. The minimum atomic E-state index is -0.0924. The predicted molar refractivity (Wildman–Crippen MR) is 60.0 cm³/mol. The summed E-state index contributed by atoms with van der Waals surface area (Å²) in [5.41, 5.74) is 8.72. The zero-order valence-corrected chi connectivity index (χ0v) is 8.22. The van der Waals surface area contributed by atoms with Crippen molar-refractivity contribution < 1.29 is 5.11 Å². The fourth-order valence-corrected chi connectivity index (χ4v) is 1.45. The SMILES string of the molecule is Nc1cc(CO)nc(-c2ccccc2)c1. The molecule has 0 unspecified atom stereocenters. The average Bonchev–Trinajstić information content (AvgIpc) is 2.29. The van der Waals surface area contributed by atoms with E-state index in [0.29, 0.717) is 11.4 Å². The minimum absolute atomic E-state index is 0.0924. The fourth-order valence-electron chi connectivity index (χ4n) is 1.45. The Bertz CT molecular complexity index is 454. The molecule has 0 aliphatic rings. The van der Waals surface area contributed by atoms with E-state index in [1.54, 1.807) is 12.1 Å². The van der Waals surface area contributed by atoms with Crippen LogP contribution in [-0.2, 0) is 6.61 Å². The fraction of sp³-hybridized carbons (Fsp3) is 0.0833. The molecule has 0 aliphatic heterocycles. The number of hydrogen-bond acceptors (Lipinski definition) is 3. The molecule has 0 fully saturated rings. The van der Waals surface area contributed by atoms with Gasteiger partial charge in [0.25, 0.3) is 0 Å². The minimum Gasteiger partial charge on any atom is -0.399 e. The summed E-state index contributed by atoms with van der Waals surface area (Å²) in [4.78, 5) is 4.29. The molecule has 0 spiro atoms. The molecule has 0 bridgehead atoms. The van der Waals surface area contributed by atoms with Crippen LogP contribution in [-0.4, -0.2) is 10.1 Å². The van der Waals surface area contributed by atoms with Crippen molar-refractivity contribution >= 4 is 5.69 Å². The maximum Gasteiger partial charge on any atom is 0.0854 e. The number of anilines is 1. The Hall–Kier alpha value is -1.87. The molecule has 1 aromatic carbocycles. The van der Waals surface area contributed by atoms with Gasteiger partial charge in [0.15, 0.2) is 0 Å². The monoisotopic (exact) mass is 200 g/mol. The van der Waals surface area contributed by atoms with Crippen LogP contribution in [0.3, 0.4) is 0 Å². The number of rotatable bonds is 2. The molecule has 0 amide bonds. The lowest BCUT2D eigenvalue weighted by Crippen LogP contribution is -1.95. The number of aliphatic hydroxyl groups excluding tert-OH is 1. The highest BCUT2D eigenvalue weighted by Gasteiger charge is 2.02. The molecule has 0 aliphatic carbocycles. The van der Waals surface area contributed by atoms with Crippen LogP contribution >= 0.6 is 0 Å². The molecular weight excluding hydrogens is 188 g/mol. The van der Waals surface area contributed by atoms with Crippen LogP contribution in [0.2, 0.25) is 0 Å². The Morgan fingerprint density at radius 2 is 1.87 bits per heavy atom. The summed E-state index contributed by atoms with van der Waals surface area (Å²) in [6.07, 6.45) is 0. The molecule has 3 nitrogen and oxygen atoms in total. The Balaban J connectivity index is 2.49. The lowest BCUT2D eigenvalue weighted by Gasteiger charge is -2.04. The second kappa shape index (κ2) is 4.11. The molecule has 0 saturated heterocycles. The Kier molecular flexibility index (Phi) is 2.65. The third kappa shape index (κ3) is 2.14. The first kappa shape index (κ1) is 9.68. The van der Waals surface area contributed by atoms with E-state index in [4.69, 9.17) is 10.8 Å².